The van der Waals surface area contributed by atoms with Crippen LogP contribution in [0.3, 0.4) is 0 Å². The molecule has 0 bridgehead atoms. The maximum absolute atomic E-state index is 12.7. The molecule has 0 saturated carbocycles. The number of carbonyl (C=O) groups excluding carboxylic acids is 2. The van der Waals surface area contributed by atoms with Crippen molar-refractivity contribution in [2.45, 2.75) is 12.8 Å². The third-order valence-corrected chi connectivity index (χ3v) is 5.96. The van der Waals surface area contributed by atoms with Crippen LogP contribution in [0.5, 0.6) is 0 Å². The Bertz CT molecular complexity index is 960. The molecule has 2 aromatic rings. The van der Waals surface area contributed by atoms with E-state index in [1.165, 1.54) is 4.31 Å². The van der Waals surface area contributed by atoms with Gasteiger partial charge in [0, 0.05) is 18.7 Å². The zero-order valence-electron chi connectivity index (χ0n) is 15.6. The fraction of sp³-hybridized carbons (Fsp3) is 0.300. The van der Waals surface area contributed by atoms with Crippen LogP contribution < -0.4 is 10.6 Å². The third kappa shape index (κ3) is 4.96. The highest BCUT2D eigenvalue weighted by Gasteiger charge is 2.30. The van der Waals surface area contributed by atoms with Crippen molar-refractivity contribution in [3.63, 3.8) is 0 Å². The molecule has 1 saturated heterocycles. The van der Waals surface area contributed by atoms with E-state index in [1.54, 1.807) is 48.5 Å². The number of carbonyl (C=O) groups is 2. The zero-order valence-corrected chi connectivity index (χ0v) is 16.4. The van der Waals surface area contributed by atoms with E-state index in [9.17, 15) is 18.0 Å². The number of rotatable bonds is 5. The summed E-state index contributed by atoms with van der Waals surface area (Å²) in [5, 5.41) is 5.64. The number of sulfonamides is 1. The topological polar surface area (TPSA) is 95.6 Å². The van der Waals surface area contributed by atoms with Gasteiger partial charge < -0.3 is 10.6 Å². The Morgan fingerprint density at radius 2 is 1.57 bits per heavy atom. The first-order valence-corrected chi connectivity index (χ1v) is 10.9. The molecule has 1 aliphatic heterocycles. The summed E-state index contributed by atoms with van der Waals surface area (Å²) in [6.45, 7) is 0.607. The molecular formula is C20H23N3O4S. The molecule has 2 N–H and O–H groups in total. The lowest BCUT2D eigenvalue weighted by atomic mass is 9.98. The van der Waals surface area contributed by atoms with Gasteiger partial charge in [0.2, 0.25) is 15.9 Å². The summed E-state index contributed by atoms with van der Waals surface area (Å²) in [5.41, 5.74) is 1.48. The Kier molecular flexibility index (Phi) is 6.11. The highest BCUT2D eigenvalue weighted by Crippen LogP contribution is 2.25. The van der Waals surface area contributed by atoms with Gasteiger partial charge in [0.1, 0.15) is 0 Å². The molecule has 3 rings (SSSR count). The van der Waals surface area contributed by atoms with Crippen LogP contribution in [-0.2, 0) is 14.8 Å². The third-order valence-electron chi connectivity index (χ3n) is 4.69. The van der Waals surface area contributed by atoms with Crippen molar-refractivity contribution in [3.8, 4) is 0 Å². The van der Waals surface area contributed by atoms with E-state index < -0.39 is 15.9 Å². The molecule has 0 spiro atoms. The smallest absolute Gasteiger partial charge is 0.255 e. The number of nitrogens with one attached hydrogen (secondary N) is 2. The van der Waals surface area contributed by atoms with Crippen LogP contribution in [0, 0.1) is 5.92 Å². The molecule has 0 radical (unpaired) electrons. The van der Waals surface area contributed by atoms with E-state index in [1.807, 2.05) is 6.07 Å². The summed E-state index contributed by atoms with van der Waals surface area (Å²) in [7, 11) is -3.32. The molecule has 1 fully saturated rings. The number of hydrogen-bond donors (Lipinski definition) is 2. The van der Waals surface area contributed by atoms with E-state index >= 15 is 0 Å². The molecule has 1 aliphatic rings. The minimum absolute atomic E-state index is 0.170. The van der Waals surface area contributed by atoms with Crippen LogP contribution in [0.4, 0.5) is 11.4 Å². The number of hydrogen-bond acceptors (Lipinski definition) is 4. The van der Waals surface area contributed by atoms with Gasteiger partial charge in [0.15, 0.2) is 0 Å². The normalized spacial score (nSPS) is 17.7. The van der Waals surface area contributed by atoms with Crippen molar-refractivity contribution < 1.29 is 18.0 Å². The SMILES string of the molecule is CS(=O)(=O)N1CCCC(C(=O)Nc2ccccc2NC(=O)c2ccccc2)C1. The van der Waals surface area contributed by atoms with Gasteiger partial charge in [0.25, 0.3) is 5.91 Å². The molecule has 0 aromatic heterocycles. The highest BCUT2D eigenvalue weighted by molar-refractivity contribution is 7.88. The van der Waals surface area contributed by atoms with Gasteiger partial charge in [0.05, 0.1) is 23.5 Å². The predicted molar refractivity (Wildman–Crippen MR) is 109 cm³/mol. The van der Waals surface area contributed by atoms with E-state index in [4.69, 9.17) is 0 Å². The van der Waals surface area contributed by atoms with Crippen LogP contribution in [-0.4, -0.2) is 43.9 Å². The van der Waals surface area contributed by atoms with Gasteiger partial charge in [-0.05, 0) is 37.1 Å². The van der Waals surface area contributed by atoms with E-state index in [-0.39, 0.29) is 18.4 Å². The summed E-state index contributed by atoms with van der Waals surface area (Å²) in [4.78, 5) is 25.1. The standard InChI is InChI=1S/C20H23N3O4S/c1-28(26,27)23-13-7-10-16(14-23)20(25)22-18-12-6-5-11-17(18)21-19(24)15-8-3-2-4-9-15/h2-6,8-9,11-12,16H,7,10,13-14H2,1H3,(H,21,24)(H,22,25). The lowest BCUT2D eigenvalue weighted by Crippen LogP contribution is -2.43. The fourth-order valence-electron chi connectivity index (χ4n) is 3.18. The minimum atomic E-state index is -3.32. The van der Waals surface area contributed by atoms with Gasteiger partial charge >= 0.3 is 0 Å². The van der Waals surface area contributed by atoms with Crippen molar-refractivity contribution in [2.24, 2.45) is 5.92 Å². The summed E-state index contributed by atoms with van der Waals surface area (Å²) in [5.74, 6) is -0.959. The second kappa shape index (κ2) is 8.53. The Labute approximate surface area is 164 Å². The molecule has 0 aliphatic carbocycles. The molecule has 2 amide bonds. The first-order chi connectivity index (χ1) is 13.3. The van der Waals surface area contributed by atoms with Crippen molar-refractivity contribution in [2.75, 3.05) is 30.0 Å². The van der Waals surface area contributed by atoms with Crippen molar-refractivity contribution in [3.05, 3.63) is 60.2 Å². The number of para-hydroxylation sites is 2. The molecule has 148 valence electrons. The number of benzene rings is 2. The Morgan fingerprint density at radius 1 is 0.964 bits per heavy atom. The Balaban J connectivity index is 1.71. The summed E-state index contributed by atoms with van der Waals surface area (Å²) >= 11 is 0. The van der Waals surface area contributed by atoms with Gasteiger partial charge in [-0.2, -0.15) is 0 Å². The van der Waals surface area contributed by atoms with Gasteiger partial charge in [-0.3, -0.25) is 9.59 Å². The summed E-state index contributed by atoms with van der Waals surface area (Å²) in [6.07, 6.45) is 2.41. The van der Waals surface area contributed by atoms with Crippen LogP contribution >= 0.6 is 0 Å². The van der Waals surface area contributed by atoms with Gasteiger partial charge in [-0.25, -0.2) is 12.7 Å². The van der Waals surface area contributed by atoms with Crippen molar-refractivity contribution in [1.82, 2.24) is 4.31 Å². The lowest BCUT2D eigenvalue weighted by Gasteiger charge is -2.30. The number of amides is 2. The average Bonchev–Trinajstić information content (AvgIpc) is 2.69. The lowest BCUT2D eigenvalue weighted by molar-refractivity contribution is -0.120. The highest BCUT2D eigenvalue weighted by atomic mass is 32.2. The molecule has 7 nitrogen and oxygen atoms in total. The second-order valence-electron chi connectivity index (χ2n) is 6.82. The quantitative estimate of drug-likeness (QED) is 0.805. The molecule has 1 atom stereocenters. The van der Waals surface area contributed by atoms with E-state index in [0.717, 1.165) is 6.26 Å². The molecule has 8 heteroatoms. The van der Waals surface area contributed by atoms with Gasteiger partial charge in [-0.1, -0.05) is 30.3 Å². The Morgan fingerprint density at radius 3 is 2.21 bits per heavy atom. The molecule has 1 heterocycles. The minimum Gasteiger partial charge on any atom is -0.324 e. The van der Waals surface area contributed by atoms with Crippen LogP contribution in [0.1, 0.15) is 23.2 Å². The zero-order chi connectivity index (χ0) is 20.1. The number of nitrogens with zero attached hydrogens (tertiary/aromatic N) is 1. The number of piperidine rings is 1. The summed E-state index contributed by atoms with van der Waals surface area (Å²) in [6, 6.07) is 15.7. The largest absolute Gasteiger partial charge is 0.324 e. The van der Waals surface area contributed by atoms with Gasteiger partial charge in [-0.15, -0.1) is 0 Å². The monoisotopic (exact) mass is 401 g/mol. The van der Waals surface area contributed by atoms with Crippen LogP contribution in [0.15, 0.2) is 54.6 Å². The predicted octanol–water partition coefficient (Wildman–Crippen LogP) is 2.55. The van der Waals surface area contributed by atoms with E-state index in [2.05, 4.69) is 10.6 Å². The van der Waals surface area contributed by atoms with Crippen molar-refractivity contribution >= 4 is 33.2 Å². The van der Waals surface area contributed by atoms with Crippen molar-refractivity contribution in [1.29, 1.82) is 0 Å². The van der Waals surface area contributed by atoms with Crippen LogP contribution in [0.2, 0.25) is 0 Å². The molecule has 1 unspecified atom stereocenters. The van der Waals surface area contributed by atoms with Crippen LogP contribution in [0.25, 0.3) is 0 Å². The van der Waals surface area contributed by atoms with E-state index in [0.29, 0.717) is 36.3 Å². The molecule has 28 heavy (non-hydrogen) atoms. The first kappa shape index (κ1) is 20.0. The molecule has 2 aromatic carbocycles. The fourth-order valence-corrected chi connectivity index (χ4v) is 4.09. The second-order valence-corrected chi connectivity index (χ2v) is 8.80. The maximum atomic E-state index is 12.7. The number of anilines is 2. The molecular weight excluding hydrogens is 378 g/mol. The Hall–Kier alpha value is -2.71. The average molecular weight is 401 g/mol. The summed E-state index contributed by atoms with van der Waals surface area (Å²) < 4.78 is 24.9. The maximum Gasteiger partial charge on any atom is 0.255 e. The first-order valence-electron chi connectivity index (χ1n) is 9.06.